The third-order valence-corrected chi connectivity index (χ3v) is 6.35. The highest BCUT2D eigenvalue weighted by Gasteiger charge is 2.30. The number of aliphatic imine (C=N–C) groups is 1. The van der Waals surface area contributed by atoms with Crippen LogP contribution in [0.4, 0.5) is 4.79 Å². The van der Waals surface area contributed by atoms with Crippen LogP contribution in [0.25, 0.3) is 5.65 Å². The number of urea groups is 1. The van der Waals surface area contributed by atoms with Gasteiger partial charge in [0.2, 0.25) is 0 Å². The van der Waals surface area contributed by atoms with Crippen LogP contribution < -0.4 is 15.8 Å². The van der Waals surface area contributed by atoms with E-state index >= 15 is 0 Å². The Morgan fingerprint density at radius 2 is 1.86 bits per heavy atom. The Balaban J connectivity index is 1.49. The highest BCUT2D eigenvalue weighted by atomic mass is 16.5. The van der Waals surface area contributed by atoms with Crippen molar-refractivity contribution in [3.8, 4) is 5.75 Å². The van der Waals surface area contributed by atoms with Gasteiger partial charge in [-0.15, -0.1) is 10.2 Å². The number of nitrogens with one attached hydrogen (secondary N) is 1. The molecule has 9 heteroatoms. The van der Waals surface area contributed by atoms with E-state index in [1.54, 1.807) is 0 Å². The van der Waals surface area contributed by atoms with E-state index in [2.05, 4.69) is 34.4 Å². The van der Waals surface area contributed by atoms with Crippen LogP contribution in [-0.4, -0.2) is 32.2 Å². The zero-order valence-electron chi connectivity index (χ0n) is 21.5. The van der Waals surface area contributed by atoms with E-state index < -0.39 is 11.4 Å². The third-order valence-electron chi connectivity index (χ3n) is 6.35. The highest BCUT2D eigenvalue weighted by Crippen LogP contribution is 2.39. The molecule has 3 N–H and O–H groups in total. The molecule has 0 spiro atoms. The predicted molar refractivity (Wildman–Crippen MR) is 138 cm³/mol. The lowest BCUT2D eigenvalue weighted by molar-refractivity contribution is -0.125. The zero-order valence-corrected chi connectivity index (χ0v) is 21.5. The van der Waals surface area contributed by atoms with Crippen molar-refractivity contribution < 1.29 is 14.3 Å². The smallest absolute Gasteiger partial charge is 0.343 e. The van der Waals surface area contributed by atoms with Gasteiger partial charge in [0.1, 0.15) is 29.3 Å². The number of pyridine rings is 1. The first kappa shape index (κ1) is 25.3. The van der Waals surface area contributed by atoms with Crippen molar-refractivity contribution in [3.63, 3.8) is 0 Å². The largest absolute Gasteiger partial charge is 0.484 e. The van der Waals surface area contributed by atoms with Gasteiger partial charge in [-0.3, -0.25) is 9.20 Å². The molecule has 2 aromatic heterocycles. The lowest BCUT2D eigenvalue weighted by Gasteiger charge is -2.32. The van der Waals surface area contributed by atoms with Gasteiger partial charge in [0.05, 0.1) is 18.7 Å². The topological polar surface area (TPSA) is 124 Å². The molecule has 2 amide bonds. The molecule has 190 valence electrons. The van der Waals surface area contributed by atoms with Crippen LogP contribution in [0.15, 0.2) is 47.6 Å². The maximum atomic E-state index is 12.6. The number of benzene rings is 1. The first-order valence-corrected chi connectivity index (χ1v) is 12.3. The van der Waals surface area contributed by atoms with Crippen LogP contribution in [0.1, 0.15) is 88.9 Å². The summed E-state index contributed by atoms with van der Waals surface area (Å²) in [6, 6.07) is 11.0. The number of amidine groups is 1. The first-order valence-electron chi connectivity index (χ1n) is 12.3. The number of ether oxygens (including phenoxy) is 1. The molecule has 0 saturated carbocycles. The van der Waals surface area contributed by atoms with Crippen molar-refractivity contribution in [3.05, 3.63) is 59.5 Å². The quantitative estimate of drug-likeness (QED) is 0.375. The van der Waals surface area contributed by atoms with Gasteiger partial charge in [-0.25, -0.2) is 4.79 Å². The molecule has 36 heavy (non-hydrogen) atoms. The number of carbonyl (C=O) groups is 2. The van der Waals surface area contributed by atoms with Crippen LogP contribution in [-0.2, 0) is 4.79 Å². The Labute approximate surface area is 211 Å². The van der Waals surface area contributed by atoms with Gasteiger partial charge < -0.3 is 15.8 Å². The molecular formula is C27H34N6O3. The minimum Gasteiger partial charge on any atom is -0.484 e. The van der Waals surface area contributed by atoms with E-state index in [0.29, 0.717) is 12.8 Å². The fourth-order valence-electron chi connectivity index (χ4n) is 4.32. The zero-order chi connectivity index (χ0) is 26.0. The number of hydrogen-bond donors (Lipinski definition) is 2. The van der Waals surface area contributed by atoms with Crippen molar-refractivity contribution in [2.75, 3.05) is 0 Å². The van der Waals surface area contributed by atoms with E-state index in [1.807, 2.05) is 67.8 Å². The lowest BCUT2D eigenvalue weighted by atomic mass is 9.85. The molecule has 2 unspecified atom stereocenters. The molecule has 0 fully saturated rings. The molecular weight excluding hydrogens is 456 g/mol. The number of amides is 2. The van der Waals surface area contributed by atoms with E-state index in [1.165, 1.54) is 0 Å². The highest BCUT2D eigenvalue weighted by molar-refractivity contribution is 6.05. The Morgan fingerprint density at radius 1 is 1.14 bits per heavy atom. The molecule has 0 aliphatic heterocycles. The van der Waals surface area contributed by atoms with Crippen molar-refractivity contribution in [2.45, 2.75) is 71.9 Å². The molecule has 1 aromatic carbocycles. The van der Waals surface area contributed by atoms with Crippen LogP contribution in [0.2, 0.25) is 0 Å². The van der Waals surface area contributed by atoms with Crippen LogP contribution >= 0.6 is 0 Å². The van der Waals surface area contributed by atoms with E-state index in [9.17, 15) is 9.59 Å². The monoisotopic (exact) mass is 490 g/mol. The number of Topliss-reactive ketones (excluding diaryl/α,β-unsaturated/α-hetero) is 1. The summed E-state index contributed by atoms with van der Waals surface area (Å²) >= 11 is 0. The van der Waals surface area contributed by atoms with E-state index in [0.717, 1.165) is 28.3 Å². The number of aromatic nitrogens is 3. The molecule has 0 radical (unpaired) electrons. The number of nitrogens with two attached hydrogens (primary N) is 1. The number of fused-ring (bicyclic) bond motifs is 2. The van der Waals surface area contributed by atoms with Gasteiger partial charge in [-0.1, -0.05) is 58.9 Å². The number of rotatable bonds is 6. The maximum Gasteiger partial charge on any atom is 0.343 e. The molecule has 1 aliphatic rings. The van der Waals surface area contributed by atoms with Crippen molar-refractivity contribution in [1.82, 2.24) is 19.9 Å². The van der Waals surface area contributed by atoms with Crippen LogP contribution in [0.5, 0.6) is 5.75 Å². The summed E-state index contributed by atoms with van der Waals surface area (Å²) in [6.07, 6.45) is 3.10. The summed E-state index contributed by atoms with van der Waals surface area (Å²) in [6.45, 7) is 9.60. The maximum absolute atomic E-state index is 12.6. The Hall–Kier alpha value is -3.75. The molecule has 4 rings (SSSR count). The number of carbonyl (C=O) groups excluding carboxylic acids is 2. The molecule has 3 aromatic rings. The molecule has 9 nitrogen and oxygen atoms in total. The lowest BCUT2D eigenvalue weighted by Crippen LogP contribution is -2.33. The van der Waals surface area contributed by atoms with Crippen LogP contribution in [0, 0.1) is 5.41 Å². The Morgan fingerprint density at radius 3 is 2.56 bits per heavy atom. The summed E-state index contributed by atoms with van der Waals surface area (Å²) in [5, 5.41) is 11.5. The average molecular weight is 491 g/mol. The minimum absolute atomic E-state index is 0.0166. The second-order valence-corrected chi connectivity index (χ2v) is 10.6. The first-order chi connectivity index (χ1) is 17.0. The fraction of sp³-hybridized carbons (Fsp3) is 0.444. The molecule has 1 aliphatic carbocycles. The third kappa shape index (κ3) is 5.56. The van der Waals surface area contributed by atoms with Crippen molar-refractivity contribution in [2.24, 2.45) is 16.1 Å². The number of hydrogen-bond acceptors (Lipinski definition) is 5. The SMILES string of the molecule is CC(C)c1nnc2ccc(OC3CCC(NC(=O)N=C(N)CC(=O)C(C)(C)C)c4ccccc43)cn12. The predicted octanol–water partition coefficient (Wildman–Crippen LogP) is 4.88. The van der Waals surface area contributed by atoms with Gasteiger partial charge in [0.25, 0.3) is 0 Å². The van der Waals surface area contributed by atoms with Crippen molar-refractivity contribution >= 4 is 23.3 Å². The Bertz CT molecular complexity index is 1300. The summed E-state index contributed by atoms with van der Waals surface area (Å²) in [5.41, 5.74) is 8.12. The summed E-state index contributed by atoms with van der Waals surface area (Å²) in [7, 11) is 0. The van der Waals surface area contributed by atoms with Gasteiger partial charge in [0, 0.05) is 11.3 Å². The fourth-order valence-corrected chi connectivity index (χ4v) is 4.32. The van der Waals surface area contributed by atoms with Crippen molar-refractivity contribution in [1.29, 1.82) is 0 Å². The standard InChI is InChI=1S/C27H34N6O3/c1-16(2)25-32-31-24-13-10-17(15-33(24)25)36-21-12-11-20(18-8-6-7-9-19(18)21)29-26(35)30-23(28)14-22(34)27(3,4)5/h6-10,13,15-16,20-21H,11-12,14H2,1-5H3,(H3,28,29,30,35). The molecule has 2 heterocycles. The van der Waals surface area contributed by atoms with Gasteiger partial charge in [-0.2, -0.15) is 4.99 Å². The van der Waals surface area contributed by atoms with Gasteiger partial charge in [-0.05, 0) is 36.1 Å². The van der Waals surface area contributed by atoms with Crippen LogP contribution in [0.3, 0.4) is 0 Å². The van der Waals surface area contributed by atoms with E-state index in [-0.39, 0.29) is 36.1 Å². The summed E-state index contributed by atoms with van der Waals surface area (Å²) in [5.74, 6) is 1.80. The minimum atomic E-state index is -0.548. The second-order valence-electron chi connectivity index (χ2n) is 10.6. The molecule has 2 atom stereocenters. The number of nitrogens with zero attached hydrogens (tertiary/aromatic N) is 4. The van der Waals surface area contributed by atoms with E-state index in [4.69, 9.17) is 10.5 Å². The number of ketones is 1. The summed E-state index contributed by atoms with van der Waals surface area (Å²) in [4.78, 5) is 28.7. The second kappa shape index (κ2) is 10.1. The summed E-state index contributed by atoms with van der Waals surface area (Å²) < 4.78 is 8.38. The molecule has 0 bridgehead atoms. The average Bonchev–Trinajstić information content (AvgIpc) is 3.23. The van der Waals surface area contributed by atoms with Gasteiger partial charge >= 0.3 is 6.03 Å². The molecule has 0 saturated heterocycles. The van der Waals surface area contributed by atoms with Gasteiger partial charge in [0.15, 0.2) is 5.65 Å². The normalized spacial score (nSPS) is 18.2. The Kier molecular flexibility index (Phi) is 7.10.